The summed E-state index contributed by atoms with van der Waals surface area (Å²) in [5, 5.41) is 2.84. The van der Waals surface area contributed by atoms with E-state index in [0.29, 0.717) is 0 Å². The van der Waals surface area contributed by atoms with Crippen LogP contribution < -0.4 is 5.32 Å². The predicted octanol–water partition coefficient (Wildman–Crippen LogP) is 2.63. The van der Waals surface area contributed by atoms with Crippen LogP contribution in [0, 0.1) is 5.92 Å². The molecule has 18 heavy (non-hydrogen) atoms. The van der Waals surface area contributed by atoms with E-state index in [9.17, 15) is 4.79 Å². The number of nitrogens with zero attached hydrogens (tertiary/aromatic N) is 1. The van der Waals surface area contributed by atoms with Crippen molar-refractivity contribution in [1.82, 2.24) is 10.2 Å². The number of likely N-dealkylation sites (tertiary alicyclic amines) is 1. The van der Waals surface area contributed by atoms with Gasteiger partial charge in [0.05, 0.1) is 0 Å². The SMILES string of the molecule is CCN1CCC(CCNC(=O)OC(C)(C)C)CC1. The molecule has 1 fully saturated rings. The Morgan fingerprint density at radius 1 is 1.33 bits per heavy atom. The standard InChI is InChI=1S/C14H28N2O2/c1-5-16-10-7-12(8-11-16)6-9-15-13(17)18-14(2,3)4/h12H,5-11H2,1-4H3,(H,15,17). The molecule has 0 bridgehead atoms. The monoisotopic (exact) mass is 256 g/mol. The van der Waals surface area contributed by atoms with Gasteiger partial charge in [0.25, 0.3) is 0 Å². The van der Waals surface area contributed by atoms with E-state index in [4.69, 9.17) is 4.74 Å². The van der Waals surface area contributed by atoms with Crippen LogP contribution in [-0.2, 0) is 4.74 Å². The second kappa shape index (κ2) is 6.98. The van der Waals surface area contributed by atoms with Gasteiger partial charge in [0, 0.05) is 6.54 Å². The molecule has 1 heterocycles. The Morgan fingerprint density at radius 2 is 1.94 bits per heavy atom. The zero-order valence-corrected chi connectivity index (χ0v) is 12.3. The van der Waals surface area contributed by atoms with Crippen molar-refractivity contribution >= 4 is 6.09 Å². The van der Waals surface area contributed by atoms with Crippen LogP contribution in [0.5, 0.6) is 0 Å². The summed E-state index contributed by atoms with van der Waals surface area (Å²) < 4.78 is 5.20. The summed E-state index contributed by atoms with van der Waals surface area (Å²) in [6.07, 6.45) is 3.28. The predicted molar refractivity (Wildman–Crippen MR) is 73.7 cm³/mol. The summed E-state index contributed by atoms with van der Waals surface area (Å²) in [6.45, 7) is 12.1. The summed E-state index contributed by atoms with van der Waals surface area (Å²) >= 11 is 0. The molecule has 0 radical (unpaired) electrons. The first-order valence-electron chi connectivity index (χ1n) is 7.10. The highest BCUT2D eigenvalue weighted by atomic mass is 16.6. The van der Waals surface area contributed by atoms with Crippen molar-refractivity contribution in [3.63, 3.8) is 0 Å². The Kier molecular flexibility index (Phi) is 5.93. The maximum atomic E-state index is 11.5. The topological polar surface area (TPSA) is 41.6 Å². The number of piperidine rings is 1. The molecule has 4 nitrogen and oxygen atoms in total. The van der Waals surface area contributed by atoms with Gasteiger partial charge in [0.2, 0.25) is 0 Å². The molecular weight excluding hydrogens is 228 g/mol. The molecule has 1 N–H and O–H groups in total. The molecule has 0 aromatic carbocycles. The molecule has 1 rings (SSSR count). The zero-order chi connectivity index (χ0) is 13.6. The van der Waals surface area contributed by atoms with Crippen LogP contribution in [0.25, 0.3) is 0 Å². The minimum atomic E-state index is -0.406. The number of rotatable bonds is 4. The summed E-state index contributed by atoms with van der Waals surface area (Å²) in [5.74, 6) is 0.753. The highest BCUT2D eigenvalue weighted by Crippen LogP contribution is 2.19. The quantitative estimate of drug-likeness (QED) is 0.840. The van der Waals surface area contributed by atoms with E-state index in [1.54, 1.807) is 0 Å². The van der Waals surface area contributed by atoms with Crippen LogP contribution in [0.3, 0.4) is 0 Å². The van der Waals surface area contributed by atoms with E-state index in [2.05, 4.69) is 17.1 Å². The maximum Gasteiger partial charge on any atom is 0.407 e. The molecule has 0 spiro atoms. The van der Waals surface area contributed by atoms with E-state index in [0.717, 1.165) is 25.4 Å². The van der Waals surface area contributed by atoms with Crippen molar-refractivity contribution in [2.45, 2.75) is 52.6 Å². The van der Waals surface area contributed by atoms with Crippen molar-refractivity contribution in [2.24, 2.45) is 5.92 Å². The molecule has 1 aliphatic heterocycles. The fourth-order valence-electron chi connectivity index (χ4n) is 2.28. The highest BCUT2D eigenvalue weighted by Gasteiger charge is 2.19. The van der Waals surface area contributed by atoms with Crippen LogP contribution in [-0.4, -0.2) is 42.8 Å². The Morgan fingerprint density at radius 3 is 2.44 bits per heavy atom. The molecule has 106 valence electrons. The second-order valence-corrected chi connectivity index (χ2v) is 6.09. The number of ether oxygens (including phenoxy) is 1. The molecule has 1 saturated heterocycles. The van der Waals surface area contributed by atoms with Gasteiger partial charge in [0.1, 0.15) is 5.60 Å². The van der Waals surface area contributed by atoms with Gasteiger partial charge in [-0.05, 0) is 65.6 Å². The van der Waals surface area contributed by atoms with E-state index >= 15 is 0 Å². The van der Waals surface area contributed by atoms with Gasteiger partial charge in [-0.3, -0.25) is 0 Å². The second-order valence-electron chi connectivity index (χ2n) is 6.09. The fourth-order valence-corrected chi connectivity index (χ4v) is 2.28. The van der Waals surface area contributed by atoms with Crippen LogP contribution in [0.2, 0.25) is 0 Å². The van der Waals surface area contributed by atoms with Gasteiger partial charge in [-0.25, -0.2) is 4.79 Å². The minimum absolute atomic E-state index is 0.298. The summed E-state index contributed by atoms with van der Waals surface area (Å²) in [5.41, 5.74) is -0.406. The summed E-state index contributed by atoms with van der Waals surface area (Å²) in [6, 6.07) is 0. The van der Waals surface area contributed by atoms with Gasteiger partial charge in [-0.1, -0.05) is 6.92 Å². The van der Waals surface area contributed by atoms with Gasteiger partial charge in [-0.15, -0.1) is 0 Å². The Hall–Kier alpha value is -0.770. The van der Waals surface area contributed by atoms with Crippen molar-refractivity contribution < 1.29 is 9.53 Å². The maximum absolute atomic E-state index is 11.5. The molecule has 0 atom stereocenters. The molecule has 0 saturated carbocycles. The lowest BCUT2D eigenvalue weighted by Crippen LogP contribution is -2.36. The molecule has 1 aliphatic rings. The van der Waals surface area contributed by atoms with Crippen LogP contribution in [0.4, 0.5) is 4.79 Å². The fraction of sp³-hybridized carbons (Fsp3) is 0.929. The van der Waals surface area contributed by atoms with Crippen molar-refractivity contribution in [1.29, 1.82) is 0 Å². The molecule has 0 aliphatic carbocycles. The van der Waals surface area contributed by atoms with Crippen LogP contribution in [0.1, 0.15) is 47.0 Å². The van der Waals surface area contributed by atoms with Gasteiger partial charge in [0.15, 0.2) is 0 Å². The number of hydrogen-bond donors (Lipinski definition) is 1. The first-order valence-corrected chi connectivity index (χ1v) is 7.10. The largest absolute Gasteiger partial charge is 0.444 e. The number of amides is 1. The van der Waals surface area contributed by atoms with Crippen LogP contribution >= 0.6 is 0 Å². The van der Waals surface area contributed by atoms with E-state index < -0.39 is 5.60 Å². The normalized spacial score (nSPS) is 18.7. The molecular formula is C14H28N2O2. The number of carbonyl (C=O) groups excluding carboxylic acids is 1. The lowest BCUT2D eigenvalue weighted by molar-refractivity contribution is 0.0522. The first-order chi connectivity index (χ1) is 8.40. The Labute approximate surface area is 111 Å². The Bertz CT molecular complexity index is 253. The number of hydrogen-bond acceptors (Lipinski definition) is 3. The molecule has 4 heteroatoms. The average Bonchev–Trinajstić information content (AvgIpc) is 2.27. The first kappa shape index (κ1) is 15.3. The van der Waals surface area contributed by atoms with Crippen molar-refractivity contribution in [2.75, 3.05) is 26.2 Å². The van der Waals surface area contributed by atoms with E-state index in [1.807, 2.05) is 20.8 Å². The number of nitrogens with one attached hydrogen (secondary N) is 1. The minimum Gasteiger partial charge on any atom is -0.444 e. The summed E-state index contributed by atoms with van der Waals surface area (Å²) in [7, 11) is 0. The third-order valence-electron chi connectivity index (χ3n) is 3.38. The Balaban J connectivity index is 2.10. The third kappa shape index (κ3) is 6.24. The molecule has 0 unspecified atom stereocenters. The van der Waals surface area contributed by atoms with Gasteiger partial charge in [-0.2, -0.15) is 0 Å². The lowest BCUT2D eigenvalue weighted by atomic mass is 9.93. The van der Waals surface area contributed by atoms with E-state index in [-0.39, 0.29) is 6.09 Å². The van der Waals surface area contributed by atoms with Gasteiger partial charge < -0.3 is 15.0 Å². The number of alkyl carbamates (subject to hydrolysis) is 1. The lowest BCUT2D eigenvalue weighted by Gasteiger charge is -2.31. The zero-order valence-electron chi connectivity index (χ0n) is 12.3. The van der Waals surface area contributed by atoms with Crippen molar-refractivity contribution in [3.8, 4) is 0 Å². The molecule has 1 amide bonds. The molecule has 0 aromatic heterocycles. The summed E-state index contributed by atoms with van der Waals surface area (Å²) in [4.78, 5) is 13.9. The third-order valence-corrected chi connectivity index (χ3v) is 3.38. The van der Waals surface area contributed by atoms with Crippen LogP contribution in [0.15, 0.2) is 0 Å². The van der Waals surface area contributed by atoms with Gasteiger partial charge >= 0.3 is 6.09 Å². The molecule has 0 aromatic rings. The smallest absolute Gasteiger partial charge is 0.407 e. The van der Waals surface area contributed by atoms with E-state index in [1.165, 1.54) is 25.9 Å². The average molecular weight is 256 g/mol. The van der Waals surface area contributed by atoms with Crippen molar-refractivity contribution in [3.05, 3.63) is 0 Å². The highest BCUT2D eigenvalue weighted by molar-refractivity contribution is 5.67. The number of carbonyl (C=O) groups is 1.